The van der Waals surface area contributed by atoms with Crippen molar-refractivity contribution in [2.75, 3.05) is 9.80 Å². The number of hydrogen-bond donors (Lipinski definition) is 5. The van der Waals surface area contributed by atoms with Crippen LogP contribution in [-0.4, -0.2) is 25.5 Å². The Kier molecular flexibility index (Phi) is 8.59. The summed E-state index contributed by atoms with van der Waals surface area (Å²) in [7, 11) is 0. The average Bonchev–Trinajstić information content (AvgIpc) is 3.60. The molecular weight excluding hydrogens is 745 g/mol. The maximum Gasteiger partial charge on any atom is 0.186 e. The van der Waals surface area contributed by atoms with E-state index in [0.717, 1.165) is 61.4 Å². The van der Waals surface area contributed by atoms with Gasteiger partial charge in [-0.25, -0.2) is 0 Å². The standard InChI is InChI=1S/C53H50N2O5/c1-28-10-18-33(19-11-28)54(34-20-12-29(2)13-21-34)45-32(5)43-41(47(56)50(45)59)37-26-40-38(27-39(37)52(43,6)7)42-44(53(40,8)9)49(58)46(51(60)48(42)57)55(35-22-14-30(3)15-23-35)36-24-16-31(4)17-25-36/h10-27,56-60H,1-9H3. The van der Waals surface area contributed by atoms with Gasteiger partial charge in [-0.1, -0.05) is 98.5 Å². The van der Waals surface area contributed by atoms with E-state index in [1.54, 1.807) is 4.90 Å². The van der Waals surface area contributed by atoms with Gasteiger partial charge in [0.15, 0.2) is 23.0 Å². The summed E-state index contributed by atoms with van der Waals surface area (Å²) in [6.07, 6.45) is 0. The summed E-state index contributed by atoms with van der Waals surface area (Å²) in [5, 5.41) is 61.2. The van der Waals surface area contributed by atoms with Gasteiger partial charge in [-0.3, -0.25) is 0 Å². The van der Waals surface area contributed by atoms with Crippen LogP contribution in [0.2, 0.25) is 0 Å². The van der Waals surface area contributed by atoms with Gasteiger partial charge in [-0.2, -0.15) is 0 Å². The quantitative estimate of drug-likeness (QED) is 0.0843. The van der Waals surface area contributed by atoms with E-state index in [4.69, 9.17) is 0 Å². The summed E-state index contributed by atoms with van der Waals surface area (Å²) < 4.78 is 0. The Morgan fingerprint density at radius 1 is 0.367 bits per heavy atom. The summed E-state index contributed by atoms with van der Waals surface area (Å²) >= 11 is 0. The molecule has 7 aromatic carbocycles. The summed E-state index contributed by atoms with van der Waals surface area (Å²) in [6.45, 7) is 18.3. The van der Waals surface area contributed by atoms with Crippen LogP contribution in [0.5, 0.6) is 28.7 Å². The molecule has 7 nitrogen and oxygen atoms in total. The predicted molar refractivity (Wildman–Crippen MR) is 243 cm³/mol. The number of aromatic hydroxyl groups is 5. The fourth-order valence-corrected chi connectivity index (χ4v) is 9.84. The van der Waals surface area contributed by atoms with Crippen molar-refractivity contribution in [2.24, 2.45) is 0 Å². The first kappa shape index (κ1) is 38.6. The van der Waals surface area contributed by atoms with Crippen molar-refractivity contribution in [2.45, 2.75) is 73.1 Å². The Hall–Kier alpha value is -6.86. The van der Waals surface area contributed by atoms with Crippen molar-refractivity contribution in [1.82, 2.24) is 0 Å². The summed E-state index contributed by atoms with van der Waals surface area (Å²) in [4.78, 5) is 3.78. The lowest BCUT2D eigenvalue weighted by Crippen LogP contribution is -2.20. The van der Waals surface area contributed by atoms with Gasteiger partial charge < -0.3 is 35.3 Å². The Balaban J connectivity index is 1.25. The van der Waals surface area contributed by atoms with Crippen LogP contribution < -0.4 is 9.80 Å². The van der Waals surface area contributed by atoms with E-state index >= 15 is 0 Å². The number of nitrogens with zero attached hydrogens (tertiary/aromatic N) is 2. The molecule has 5 N–H and O–H groups in total. The van der Waals surface area contributed by atoms with Gasteiger partial charge >= 0.3 is 0 Å². The van der Waals surface area contributed by atoms with Crippen molar-refractivity contribution in [3.63, 3.8) is 0 Å². The van der Waals surface area contributed by atoms with Crippen molar-refractivity contribution < 1.29 is 25.5 Å². The largest absolute Gasteiger partial charge is 0.505 e. The van der Waals surface area contributed by atoms with Gasteiger partial charge in [-0.05, 0) is 129 Å². The number of rotatable bonds is 6. The van der Waals surface area contributed by atoms with Gasteiger partial charge in [0.2, 0.25) is 0 Å². The highest BCUT2D eigenvalue weighted by atomic mass is 16.3. The molecular formula is C53H50N2O5. The third-order valence-corrected chi connectivity index (χ3v) is 13.0. The number of hydrogen-bond acceptors (Lipinski definition) is 7. The first-order valence-corrected chi connectivity index (χ1v) is 20.4. The Morgan fingerprint density at radius 2 is 0.667 bits per heavy atom. The van der Waals surface area contributed by atoms with E-state index in [1.165, 1.54) is 0 Å². The van der Waals surface area contributed by atoms with Crippen LogP contribution in [0.15, 0.2) is 109 Å². The zero-order valence-corrected chi connectivity index (χ0v) is 35.5. The molecule has 0 heterocycles. The lowest BCUT2D eigenvalue weighted by atomic mass is 9.78. The lowest BCUT2D eigenvalue weighted by Gasteiger charge is -2.32. The van der Waals surface area contributed by atoms with Gasteiger partial charge in [0.1, 0.15) is 11.4 Å². The summed E-state index contributed by atoms with van der Waals surface area (Å²) in [5.74, 6) is -1.35. The highest BCUT2D eigenvalue weighted by molar-refractivity contribution is 6.01. The molecule has 0 radical (unpaired) electrons. The lowest BCUT2D eigenvalue weighted by molar-refractivity contribution is 0.396. The molecule has 0 bridgehead atoms. The molecule has 7 heteroatoms. The molecule has 0 aliphatic heterocycles. The molecule has 0 aromatic heterocycles. The van der Waals surface area contributed by atoms with Crippen molar-refractivity contribution in [3.05, 3.63) is 159 Å². The molecule has 60 heavy (non-hydrogen) atoms. The SMILES string of the molecule is Cc1ccc(N(c2ccc(C)cc2)c2c(C)c3c(c(O)c2O)-c2cc4c(cc2C3(C)C)-c2c(O)c(O)c(N(c3ccc(C)cc3)c3ccc(C)cc3)c(O)c2C4(C)C)cc1. The third-order valence-electron chi connectivity index (χ3n) is 13.0. The minimum atomic E-state index is -0.872. The molecule has 0 amide bonds. The van der Waals surface area contributed by atoms with Crippen molar-refractivity contribution in [3.8, 4) is 51.0 Å². The molecule has 9 rings (SSSR count). The van der Waals surface area contributed by atoms with Crippen LogP contribution in [0.25, 0.3) is 22.3 Å². The van der Waals surface area contributed by atoms with E-state index in [2.05, 4.69) is 13.8 Å². The van der Waals surface area contributed by atoms with Gasteiger partial charge in [0.25, 0.3) is 0 Å². The molecule has 302 valence electrons. The molecule has 7 aromatic rings. The molecule has 0 saturated carbocycles. The van der Waals surface area contributed by atoms with E-state index in [1.807, 2.05) is 163 Å². The fraction of sp³-hybridized carbons (Fsp3) is 0.208. The second-order valence-electron chi connectivity index (χ2n) is 17.8. The molecule has 0 saturated heterocycles. The molecule has 2 aliphatic rings. The van der Waals surface area contributed by atoms with E-state index in [9.17, 15) is 25.5 Å². The second-order valence-corrected chi connectivity index (χ2v) is 17.8. The number of benzene rings is 7. The molecule has 0 spiro atoms. The Morgan fingerprint density at radius 3 is 1.03 bits per heavy atom. The van der Waals surface area contributed by atoms with E-state index in [-0.39, 0.29) is 28.7 Å². The minimum absolute atomic E-state index is 0.0792. The van der Waals surface area contributed by atoms with Crippen LogP contribution in [0.1, 0.15) is 77.8 Å². The molecule has 0 unspecified atom stereocenters. The second kappa shape index (κ2) is 13.3. The Labute approximate surface area is 351 Å². The maximum absolute atomic E-state index is 12.5. The topological polar surface area (TPSA) is 108 Å². The van der Waals surface area contributed by atoms with Crippen LogP contribution in [0, 0.1) is 34.6 Å². The first-order chi connectivity index (χ1) is 28.4. The zero-order valence-electron chi connectivity index (χ0n) is 35.5. The number of phenolic OH excluding ortho intramolecular Hbond substituents is 5. The van der Waals surface area contributed by atoms with E-state index < -0.39 is 16.6 Å². The van der Waals surface area contributed by atoms with Gasteiger partial charge in [0.05, 0.1) is 5.69 Å². The zero-order chi connectivity index (χ0) is 42.7. The van der Waals surface area contributed by atoms with Gasteiger partial charge in [0, 0.05) is 50.3 Å². The summed E-state index contributed by atoms with van der Waals surface area (Å²) in [5.41, 5.74) is 12.7. The van der Waals surface area contributed by atoms with Crippen molar-refractivity contribution >= 4 is 34.1 Å². The van der Waals surface area contributed by atoms with Crippen molar-refractivity contribution in [1.29, 1.82) is 0 Å². The molecule has 0 fully saturated rings. The van der Waals surface area contributed by atoms with E-state index in [0.29, 0.717) is 39.3 Å². The number of phenols is 5. The molecule has 0 atom stereocenters. The highest BCUT2D eigenvalue weighted by Gasteiger charge is 2.48. The highest BCUT2D eigenvalue weighted by Crippen LogP contribution is 2.66. The predicted octanol–water partition coefficient (Wildman–Crippen LogP) is 13.3. The minimum Gasteiger partial charge on any atom is -0.505 e. The van der Waals surface area contributed by atoms with Crippen LogP contribution in [0.4, 0.5) is 34.1 Å². The third kappa shape index (κ3) is 5.48. The number of anilines is 6. The monoisotopic (exact) mass is 794 g/mol. The normalized spacial score (nSPS) is 14.0. The average molecular weight is 795 g/mol. The van der Waals surface area contributed by atoms with Crippen LogP contribution in [0.3, 0.4) is 0 Å². The Bertz CT molecular complexity index is 2600. The first-order valence-electron chi connectivity index (χ1n) is 20.4. The number of aryl methyl sites for hydroxylation is 4. The smallest absolute Gasteiger partial charge is 0.186 e. The molecule has 2 aliphatic carbocycles. The van der Waals surface area contributed by atoms with Crippen LogP contribution >= 0.6 is 0 Å². The maximum atomic E-state index is 12.5. The fourth-order valence-electron chi connectivity index (χ4n) is 9.84. The number of fused-ring (bicyclic) bond motifs is 6. The van der Waals surface area contributed by atoms with Crippen LogP contribution in [-0.2, 0) is 10.8 Å². The summed E-state index contributed by atoms with van der Waals surface area (Å²) in [6, 6.07) is 35.9. The van der Waals surface area contributed by atoms with Gasteiger partial charge in [-0.15, -0.1) is 0 Å².